The highest BCUT2D eigenvalue weighted by molar-refractivity contribution is 5.89. The average molecular weight is 234 g/mol. The Balaban J connectivity index is 2.14. The number of aromatic carboxylic acids is 1. The van der Waals surface area contributed by atoms with E-state index in [0.29, 0.717) is 18.2 Å². The van der Waals surface area contributed by atoms with Gasteiger partial charge in [-0.3, -0.25) is 4.90 Å². The summed E-state index contributed by atoms with van der Waals surface area (Å²) in [6.07, 6.45) is 0. The molecule has 0 amide bonds. The molecule has 1 aromatic carbocycles. The van der Waals surface area contributed by atoms with E-state index >= 15 is 0 Å². The number of hydrogen-bond donors (Lipinski definition) is 2. The summed E-state index contributed by atoms with van der Waals surface area (Å²) >= 11 is 0. The number of nitrogens with zero attached hydrogens (tertiary/aromatic N) is 1. The summed E-state index contributed by atoms with van der Waals surface area (Å²) in [7, 11) is 0. The Bertz CT molecular complexity index is 406. The van der Waals surface area contributed by atoms with Crippen LogP contribution in [-0.2, 0) is 6.54 Å². The fourth-order valence-corrected chi connectivity index (χ4v) is 2.20. The first-order valence-electron chi connectivity index (χ1n) is 5.94. The van der Waals surface area contributed by atoms with Gasteiger partial charge in [-0.25, -0.2) is 4.79 Å². The van der Waals surface area contributed by atoms with E-state index in [-0.39, 0.29) is 0 Å². The number of hydrogen-bond acceptors (Lipinski definition) is 3. The number of carboxylic acids is 1. The Labute approximate surface area is 101 Å². The summed E-state index contributed by atoms with van der Waals surface area (Å²) in [5.41, 5.74) is 1.31. The van der Waals surface area contributed by atoms with Crippen molar-refractivity contribution in [3.8, 4) is 0 Å². The zero-order valence-corrected chi connectivity index (χ0v) is 10.0. The molecule has 0 radical (unpaired) electrons. The van der Waals surface area contributed by atoms with Gasteiger partial charge >= 0.3 is 5.97 Å². The quantitative estimate of drug-likeness (QED) is 0.824. The molecule has 1 aromatic rings. The van der Waals surface area contributed by atoms with Gasteiger partial charge < -0.3 is 10.4 Å². The van der Waals surface area contributed by atoms with Crippen LogP contribution in [-0.4, -0.2) is 41.7 Å². The van der Waals surface area contributed by atoms with Crippen LogP contribution in [0.1, 0.15) is 22.8 Å². The minimum atomic E-state index is -0.844. The van der Waals surface area contributed by atoms with Crippen molar-refractivity contribution >= 4 is 5.97 Å². The summed E-state index contributed by atoms with van der Waals surface area (Å²) in [5.74, 6) is -0.844. The van der Waals surface area contributed by atoms with E-state index in [1.165, 1.54) is 0 Å². The predicted octanol–water partition coefficient (Wildman–Crippen LogP) is 1.18. The summed E-state index contributed by atoms with van der Waals surface area (Å²) in [5, 5.41) is 12.5. The summed E-state index contributed by atoms with van der Waals surface area (Å²) in [6.45, 7) is 5.78. The molecule has 1 saturated heterocycles. The molecule has 4 heteroatoms. The number of benzene rings is 1. The van der Waals surface area contributed by atoms with Crippen molar-refractivity contribution in [2.75, 3.05) is 19.6 Å². The van der Waals surface area contributed by atoms with Crippen molar-refractivity contribution in [2.24, 2.45) is 0 Å². The van der Waals surface area contributed by atoms with Gasteiger partial charge in [-0.15, -0.1) is 0 Å². The molecule has 2 N–H and O–H groups in total. The van der Waals surface area contributed by atoms with E-state index in [1.807, 2.05) is 12.1 Å². The minimum Gasteiger partial charge on any atom is -0.478 e. The molecule has 1 fully saturated rings. The molecule has 1 aliphatic rings. The second-order valence-corrected chi connectivity index (χ2v) is 4.49. The molecule has 4 nitrogen and oxygen atoms in total. The van der Waals surface area contributed by atoms with E-state index in [4.69, 9.17) is 5.11 Å². The van der Waals surface area contributed by atoms with Crippen LogP contribution < -0.4 is 5.32 Å². The Hall–Kier alpha value is -1.39. The normalized spacial score (nSPS) is 21.4. The maximum absolute atomic E-state index is 11.1. The molecule has 0 aromatic heterocycles. The lowest BCUT2D eigenvalue weighted by molar-refractivity contribution is 0.0693. The monoisotopic (exact) mass is 234 g/mol. The largest absolute Gasteiger partial charge is 0.478 e. The topological polar surface area (TPSA) is 52.6 Å². The zero-order chi connectivity index (χ0) is 12.3. The SMILES string of the molecule is C[C@@H]1CNCCN1Cc1ccccc1C(=O)O. The van der Waals surface area contributed by atoms with E-state index in [0.717, 1.165) is 25.2 Å². The highest BCUT2D eigenvalue weighted by Crippen LogP contribution is 2.14. The van der Waals surface area contributed by atoms with Crippen LogP contribution in [0.25, 0.3) is 0 Å². The molecule has 0 bridgehead atoms. The molecule has 2 rings (SSSR count). The molecular formula is C13H18N2O2. The third kappa shape index (κ3) is 2.84. The second kappa shape index (κ2) is 5.29. The molecular weight excluding hydrogens is 216 g/mol. The Kier molecular flexibility index (Phi) is 3.76. The number of carbonyl (C=O) groups is 1. The van der Waals surface area contributed by atoms with Gasteiger partial charge in [0, 0.05) is 32.2 Å². The van der Waals surface area contributed by atoms with Gasteiger partial charge in [0.15, 0.2) is 0 Å². The van der Waals surface area contributed by atoms with Crippen LogP contribution in [0.2, 0.25) is 0 Å². The van der Waals surface area contributed by atoms with E-state index in [1.54, 1.807) is 12.1 Å². The first kappa shape index (κ1) is 12.1. The molecule has 1 atom stereocenters. The van der Waals surface area contributed by atoms with Gasteiger partial charge in [0.2, 0.25) is 0 Å². The third-order valence-electron chi connectivity index (χ3n) is 3.26. The highest BCUT2D eigenvalue weighted by atomic mass is 16.4. The number of rotatable bonds is 3. The first-order chi connectivity index (χ1) is 8.18. The Morgan fingerprint density at radius 2 is 2.29 bits per heavy atom. The molecule has 0 saturated carbocycles. The number of nitrogens with one attached hydrogen (secondary N) is 1. The van der Waals surface area contributed by atoms with Crippen LogP contribution in [0, 0.1) is 0 Å². The van der Waals surface area contributed by atoms with Crippen molar-refractivity contribution in [3.63, 3.8) is 0 Å². The minimum absolute atomic E-state index is 0.415. The standard InChI is InChI=1S/C13H18N2O2/c1-10-8-14-6-7-15(10)9-11-4-2-3-5-12(11)13(16)17/h2-5,10,14H,6-9H2,1H3,(H,16,17)/t10-/m1/s1. The van der Waals surface area contributed by atoms with Crippen molar-refractivity contribution in [1.82, 2.24) is 10.2 Å². The molecule has 92 valence electrons. The molecule has 1 aliphatic heterocycles. The summed E-state index contributed by atoms with van der Waals surface area (Å²) in [4.78, 5) is 13.4. The lowest BCUT2D eigenvalue weighted by Gasteiger charge is -2.34. The molecule has 0 aliphatic carbocycles. The first-order valence-corrected chi connectivity index (χ1v) is 5.94. The molecule has 0 spiro atoms. The Morgan fingerprint density at radius 3 is 3.00 bits per heavy atom. The lowest BCUT2D eigenvalue weighted by Crippen LogP contribution is -2.49. The van der Waals surface area contributed by atoms with Crippen LogP contribution >= 0.6 is 0 Å². The van der Waals surface area contributed by atoms with Crippen LogP contribution in [0.4, 0.5) is 0 Å². The summed E-state index contributed by atoms with van der Waals surface area (Å²) in [6, 6.07) is 7.69. The van der Waals surface area contributed by atoms with Crippen molar-refractivity contribution in [3.05, 3.63) is 35.4 Å². The fourth-order valence-electron chi connectivity index (χ4n) is 2.20. The third-order valence-corrected chi connectivity index (χ3v) is 3.26. The maximum Gasteiger partial charge on any atom is 0.336 e. The maximum atomic E-state index is 11.1. The highest BCUT2D eigenvalue weighted by Gasteiger charge is 2.19. The second-order valence-electron chi connectivity index (χ2n) is 4.49. The van der Waals surface area contributed by atoms with Gasteiger partial charge in [0.25, 0.3) is 0 Å². The van der Waals surface area contributed by atoms with Gasteiger partial charge in [-0.2, -0.15) is 0 Å². The van der Waals surface area contributed by atoms with Gasteiger partial charge in [0.05, 0.1) is 5.56 Å². The number of carboxylic acid groups (broad SMARTS) is 1. The van der Waals surface area contributed by atoms with Gasteiger partial charge in [-0.1, -0.05) is 18.2 Å². The van der Waals surface area contributed by atoms with E-state index in [2.05, 4.69) is 17.1 Å². The van der Waals surface area contributed by atoms with Gasteiger partial charge in [-0.05, 0) is 18.6 Å². The van der Waals surface area contributed by atoms with Crippen molar-refractivity contribution < 1.29 is 9.90 Å². The molecule has 0 unspecified atom stereocenters. The van der Waals surface area contributed by atoms with Crippen LogP contribution in [0.5, 0.6) is 0 Å². The van der Waals surface area contributed by atoms with E-state index in [9.17, 15) is 4.79 Å². The smallest absolute Gasteiger partial charge is 0.336 e. The van der Waals surface area contributed by atoms with E-state index < -0.39 is 5.97 Å². The van der Waals surface area contributed by atoms with Crippen LogP contribution in [0.15, 0.2) is 24.3 Å². The van der Waals surface area contributed by atoms with Gasteiger partial charge in [0.1, 0.15) is 0 Å². The van der Waals surface area contributed by atoms with Crippen molar-refractivity contribution in [2.45, 2.75) is 19.5 Å². The predicted molar refractivity (Wildman–Crippen MR) is 66.1 cm³/mol. The lowest BCUT2D eigenvalue weighted by atomic mass is 10.1. The van der Waals surface area contributed by atoms with Crippen molar-refractivity contribution in [1.29, 1.82) is 0 Å². The number of piperazine rings is 1. The summed E-state index contributed by atoms with van der Waals surface area (Å²) < 4.78 is 0. The molecule has 1 heterocycles. The fraction of sp³-hybridized carbons (Fsp3) is 0.462. The molecule has 17 heavy (non-hydrogen) atoms. The average Bonchev–Trinajstić information content (AvgIpc) is 2.32. The zero-order valence-electron chi connectivity index (χ0n) is 10.0. The Morgan fingerprint density at radius 1 is 1.53 bits per heavy atom. The van der Waals surface area contributed by atoms with Crippen LogP contribution in [0.3, 0.4) is 0 Å².